The van der Waals surface area contributed by atoms with E-state index in [-0.39, 0.29) is 17.6 Å². The Bertz CT molecular complexity index is 779. The number of hydrogen-bond acceptors (Lipinski definition) is 5. The molecule has 2 fully saturated rings. The molecule has 136 valence electrons. The van der Waals surface area contributed by atoms with E-state index in [1.54, 1.807) is 6.07 Å². The van der Waals surface area contributed by atoms with Crippen LogP contribution in [0.15, 0.2) is 40.9 Å². The molecule has 2 aromatic rings. The molecule has 1 aliphatic carbocycles. The molecule has 1 aromatic carbocycles. The molecular weight excluding hydrogens is 332 g/mol. The van der Waals surface area contributed by atoms with Gasteiger partial charge >= 0.3 is 0 Å². The molecule has 1 aromatic heterocycles. The van der Waals surface area contributed by atoms with Gasteiger partial charge in [-0.1, -0.05) is 35.5 Å². The minimum absolute atomic E-state index is 0.133. The summed E-state index contributed by atoms with van der Waals surface area (Å²) in [5, 5.41) is 3.79. The topological polar surface area (TPSA) is 87.5 Å². The van der Waals surface area contributed by atoms with Gasteiger partial charge in [0.1, 0.15) is 0 Å². The molecule has 0 unspecified atom stereocenters. The summed E-state index contributed by atoms with van der Waals surface area (Å²) < 4.78 is 5.22. The highest BCUT2D eigenvalue weighted by atomic mass is 16.5. The number of carbonyl (C=O) groups is 2. The average molecular weight is 354 g/mol. The van der Waals surface area contributed by atoms with Crippen molar-refractivity contribution in [2.75, 3.05) is 13.1 Å². The van der Waals surface area contributed by atoms with Crippen molar-refractivity contribution in [2.24, 2.45) is 5.92 Å². The second-order valence-electron chi connectivity index (χ2n) is 6.91. The van der Waals surface area contributed by atoms with Crippen molar-refractivity contribution < 1.29 is 14.1 Å². The smallest absolute Gasteiger partial charge is 0.291 e. The monoisotopic (exact) mass is 354 g/mol. The fourth-order valence-corrected chi connectivity index (χ4v) is 3.49. The number of aromatic nitrogens is 1. The van der Waals surface area contributed by atoms with E-state index >= 15 is 0 Å². The Hall–Kier alpha value is -2.67. The van der Waals surface area contributed by atoms with E-state index in [0.29, 0.717) is 11.7 Å². The molecule has 1 aliphatic heterocycles. The number of benzene rings is 1. The van der Waals surface area contributed by atoms with Gasteiger partial charge < -0.3 is 4.52 Å². The highest BCUT2D eigenvalue weighted by Gasteiger charge is 2.41. The summed E-state index contributed by atoms with van der Waals surface area (Å²) in [6, 6.07) is 10.8. The lowest BCUT2D eigenvalue weighted by molar-refractivity contribution is -0.127. The van der Waals surface area contributed by atoms with Crippen molar-refractivity contribution in [3.63, 3.8) is 0 Å². The molecule has 0 radical (unpaired) electrons. The number of nitrogens with zero attached hydrogens (tertiary/aromatic N) is 2. The Kier molecular flexibility index (Phi) is 4.71. The Morgan fingerprint density at radius 1 is 1.12 bits per heavy atom. The van der Waals surface area contributed by atoms with Crippen LogP contribution in [0.4, 0.5) is 0 Å². The van der Waals surface area contributed by atoms with Gasteiger partial charge in [-0.3, -0.25) is 25.3 Å². The largest absolute Gasteiger partial charge is 0.355 e. The van der Waals surface area contributed by atoms with Gasteiger partial charge in [0.05, 0.1) is 6.04 Å². The number of hydrogen-bond donors (Lipinski definition) is 2. The van der Waals surface area contributed by atoms with Crippen LogP contribution in [-0.4, -0.2) is 41.0 Å². The molecule has 0 bridgehead atoms. The number of carbonyl (C=O) groups excluding carboxylic acids is 2. The van der Waals surface area contributed by atoms with E-state index in [2.05, 4.69) is 20.9 Å². The third kappa shape index (κ3) is 3.62. The van der Waals surface area contributed by atoms with Crippen LogP contribution in [0.1, 0.15) is 36.2 Å². The van der Waals surface area contributed by atoms with Gasteiger partial charge in [-0.15, -0.1) is 0 Å². The third-order valence-corrected chi connectivity index (χ3v) is 4.97. The average Bonchev–Trinajstić information content (AvgIpc) is 3.13. The summed E-state index contributed by atoms with van der Waals surface area (Å²) in [5.41, 5.74) is 6.00. The Morgan fingerprint density at radius 2 is 1.85 bits per heavy atom. The second-order valence-corrected chi connectivity index (χ2v) is 6.91. The first-order chi connectivity index (χ1) is 12.7. The van der Waals surface area contributed by atoms with Gasteiger partial charge in [0.25, 0.3) is 11.8 Å². The van der Waals surface area contributed by atoms with Gasteiger partial charge in [0.2, 0.25) is 0 Å². The maximum Gasteiger partial charge on any atom is 0.291 e. The molecule has 2 N–H and O–H groups in total. The van der Waals surface area contributed by atoms with E-state index in [1.807, 2.05) is 30.3 Å². The summed E-state index contributed by atoms with van der Waals surface area (Å²) in [6.45, 7) is 1.90. The predicted molar refractivity (Wildman–Crippen MR) is 94.9 cm³/mol. The molecule has 2 heterocycles. The van der Waals surface area contributed by atoms with E-state index in [0.717, 1.165) is 44.3 Å². The van der Waals surface area contributed by atoms with Crippen LogP contribution in [0.5, 0.6) is 0 Å². The first-order valence-electron chi connectivity index (χ1n) is 9.09. The van der Waals surface area contributed by atoms with Crippen LogP contribution in [-0.2, 0) is 4.79 Å². The molecule has 7 nitrogen and oxygen atoms in total. The number of hydrazine groups is 1. The minimum atomic E-state index is -0.486. The third-order valence-electron chi connectivity index (χ3n) is 4.97. The van der Waals surface area contributed by atoms with E-state index < -0.39 is 5.91 Å². The van der Waals surface area contributed by atoms with Crippen LogP contribution in [0.2, 0.25) is 0 Å². The number of nitrogens with one attached hydrogen (secondary N) is 2. The highest BCUT2D eigenvalue weighted by molar-refractivity contribution is 5.95. The van der Waals surface area contributed by atoms with Gasteiger partial charge in [-0.25, -0.2) is 0 Å². The van der Waals surface area contributed by atoms with Gasteiger partial charge in [-0.05, 0) is 44.7 Å². The van der Waals surface area contributed by atoms with Crippen molar-refractivity contribution in [3.8, 4) is 11.3 Å². The standard InChI is InChI=1S/C19H22N4O3/c24-18(15-12-16(26-22-15)13-6-2-1-3-7-13)20-21-19(25)17(14-8-9-14)23-10-4-5-11-23/h1-3,6-7,12,14,17H,4-5,8-11H2,(H,20,24)(H,21,25)/t17-/m0/s1. The molecule has 2 amide bonds. The first-order valence-corrected chi connectivity index (χ1v) is 9.09. The van der Waals surface area contributed by atoms with Crippen LogP contribution in [0.25, 0.3) is 11.3 Å². The van der Waals surface area contributed by atoms with Crippen LogP contribution in [0, 0.1) is 5.92 Å². The lowest BCUT2D eigenvalue weighted by Gasteiger charge is -2.26. The maximum atomic E-state index is 12.6. The summed E-state index contributed by atoms with van der Waals surface area (Å²) in [4.78, 5) is 27.0. The summed E-state index contributed by atoms with van der Waals surface area (Å²) in [7, 11) is 0. The van der Waals surface area contributed by atoms with E-state index in [9.17, 15) is 9.59 Å². The summed E-state index contributed by atoms with van der Waals surface area (Å²) in [6.07, 6.45) is 4.41. The van der Waals surface area contributed by atoms with Gasteiger partial charge in [-0.2, -0.15) is 0 Å². The van der Waals surface area contributed by atoms with E-state index in [4.69, 9.17) is 4.52 Å². The second kappa shape index (κ2) is 7.29. The maximum absolute atomic E-state index is 12.6. The van der Waals surface area contributed by atoms with Crippen LogP contribution in [0.3, 0.4) is 0 Å². The van der Waals surface area contributed by atoms with Crippen LogP contribution >= 0.6 is 0 Å². The summed E-state index contributed by atoms with van der Waals surface area (Å²) in [5.74, 6) is 0.284. The number of likely N-dealkylation sites (tertiary alicyclic amines) is 1. The molecule has 26 heavy (non-hydrogen) atoms. The van der Waals surface area contributed by atoms with Crippen molar-refractivity contribution in [1.82, 2.24) is 20.9 Å². The van der Waals surface area contributed by atoms with E-state index in [1.165, 1.54) is 0 Å². The van der Waals surface area contributed by atoms with Crippen molar-refractivity contribution in [1.29, 1.82) is 0 Å². The zero-order valence-electron chi connectivity index (χ0n) is 14.5. The normalized spacial score (nSPS) is 18.5. The fraction of sp³-hybridized carbons (Fsp3) is 0.421. The lowest BCUT2D eigenvalue weighted by atomic mass is 10.1. The molecule has 1 atom stereocenters. The summed E-state index contributed by atoms with van der Waals surface area (Å²) >= 11 is 0. The molecule has 4 rings (SSSR count). The Labute approximate surface area is 151 Å². The Balaban J connectivity index is 1.36. The highest BCUT2D eigenvalue weighted by Crippen LogP contribution is 2.36. The van der Waals surface area contributed by atoms with Crippen LogP contribution < -0.4 is 10.9 Å². The molecule has 1 saturated carbocycles. The SMILES string of the molecule is O=C(NNC(=O)[C@H](C1CC1)N1CCCC1)c1cc(-c2ccccc2)on1. The minimum Gasteiger partial charge on any atom is -0.355 e. The van der Waals surface area contributed by atoms with Crippen molar-refractivity contribution in [2.45, 2.75) is 31.7 Å². The molecule has 7 heteroatoms. The fourth-order valence-electron chi connectivity index (χ4n) is 3.49. The molecule has 2 aliphatic rings. The Morgan fingerprint density at radius 3 is 2.54 bits per heavy atom. The lowest BCUT2D eigenvalue weighted by Crippen LogP contribution is -2.52. The number of amides is 2. The zero-order chi connectivity index (χ0) is 17.9. The van der Waals surface area contributed by atoms with Gasteiger partial charge in [0, 0.05) is 11.6 Å². The first kappa shape index (κ1) is 16.8. The van der Waals surface area contributed by atoms with Crippen molar-refractivity contribution >= 4 is 11.8 Å². The van der Waals surface area contributed by atoms with Crippen molar-refractivity contribution in [3.05, 3.63) is 42.1 Å². The molecular formula is C19H22N4O3. The number of rotatable bonds is 5. The molecule has 0 spiro atoms. The zero-order valence-corrected chi connectivity index (χ0v) is 14.5. The molecule has 1 saturated heterocycles. The predicted octanol–water partition coefficient (Wildman–Crippen LogP) is 1.98. The quantitative estimate of drug-likeness (QED) is 0.802. The van der Waals surface area contributed by atoms with Gasteiger partial charge in [0.15, 0.2) is 11.5 Å².